The van der Waals surface area contributed by atoms with Gasteiger partial charge in [-0.05, 0) is 30.3 Å². The minimum absolute atomic E-state index is 0.132. The van der Waals surface area contributed by atoms with Crippen LogP contribution in [-0.4, -0.2) is 34.2 Å². The van der Waals surface area contributed by atoms with Crippen LogP contribution in [0.25, 0.3) is 16.9 Å². The fraction of sp³-hybridized carbons (Fsp3) is 0.174. The van der Waals surface area contributed by atoms with Crippen LogP contribution in [-0.2, 0) is 17.9 Å². The second kappa shape index (κ2) is 8.74. The van der Waals surface area contributed by atoms with Crippen LogP contribution in [0.3, 0.4) is 0 Å². The van der Waals surface area contributed by atoms with Gasteiger partial charge in [-0.25, -0.2) is 14.3 Å². The number of nitrogens with zero attached hydrogens (tertiary/aromatic N) is 3. The topological polar surface area (TPSA) is 87.4 Å². The molecule has 1 amide bonds. The molecule has 0 unspecified atom stereocenters. The Morgan fingerprint density at radius 2 is 1.81 bits per heavy atom. The van der Waals surface area contributed by atoms with E-state index in [9.17, 15) is 9.59 Å². The number of ether oxygens (including phenoxy) is 2. The molecule has 4 rings (SSSR count). The van der Waals surface area contributed by atoms with Crippen LogP contribution in [0.2, 0.25) is 0 Å². The number of imidazole rings is 1. The molecular weight excluding hydrogens is 396 g/mol. The highest BCUT2D eigenvalue weighted by molar-refractivity contribution is 5.80. The van der Waals surface area contributed by atoms with Gasteiger partial charge in [-0.3, -0.25) is 9.36 Å². The molecule has 0 radical (unpaired) electrons. The molecule has 2 aromatic heterocycles. The molecule has 0 saturated heterocycles. The van der Waals surface area contributed by atoms with Crippen molar-refractivity contribution >= 4 is 17.1 Å². The van der Waals surface area contributed by atoms with E-state index in [2.05, 4.69) is 10.3 Å². The summed E-state index contributed by atoms with van der Waals surface area (Å²) in [6, 6.07) is 18.2. The lowest BCUT2D eigenvalue weighted by atomic mass is 10.2. The predicted molar refractivity (Wildman–Crippen MR) is 117 cm³/mol. The van der Waals surface area contributed by atoms with E-state index in [0.29, 0.717) is 28.4 Å². The van der Waals surface area contributed by atoms with Crippen molar-refractivity contribution in [2.75, 3.05) is 14.2 Å². The van der Waals surface area contributed by atoms with Gasteiger partial charge in [-0.2, -0.15) is 0 Å². The fourth-order valence-corrected chi connectivity index (χ4v) is 3.53. The molecule has 31 heavy (non-hydrogen) atoms. The van der Waals surface area contributed by atoms with Crippen LogP contribution in [0.1, 0.15) is 5.56 Å². The smallest absolute Gasteiger partial charge is 0.335 e. The first-order valence-corrected chi connectivity index (χ1v) is 9.72. The summed E-state index contributed by atoms with van der Waals surface area (Å²) in [6.07, 6.45) is 1.63. The monoisotopic (exact) mass is 418 g/mol. The standard InChI is InChI=1S/C23H22N4O4/c1-30-19-12-6-8-16(21(19)31-2)14-25-20(28)15-26-18-11-7-13-24-22(18)27(23(26)29)17-9-4-3-5-10-17/h3-13H,14-15H2,1-2H3,(H,25,28). The lowest BCUT2D eigenvalue weighted by Gasteiger charge is -2.13. The van der Waals surface area contributed by atoms with Gasteiger partial charge in [-0.15, -0.1) is 0 Å². The maximum atomic E-state index is 13.2. The van der Waals surface area contributed by atoms with Crippen LogP contribution >= 0.6 is 0 Å². The van der Waals surface area contributed by atoms with Crippen LogP contribution in [0.15, 0.2) is 71.7 Å². The van der Waals surface area contributed by atoms with Crippen molar-refractivity contribution in [1.29, 1.82) is 0 Å². The Morgan fingerprint density at radius 1 is 1.00 bits per heavy atom. The van der Waals surface area contributed by atoms with Gasteiger partial charge in [-0.1, -0.05) is 30.3 Å². The molecule has 2 heterocycles. The number of hydrogen-bond acceptors (Lipinski definition) is 5. The Balaban J connectivity index is 1.61. The van der Waals surface area contributed by atoms with Crippen molar-refractivity contribution in [2.45, 2.75) is 13.1 Å². The molecule has 1 N–H and O–H groups in total. The third-order valence-corrected chi connectivity index (χ3v) is 4.97. The Bertz CT molecular complexity index is 1280. The second-order valence-electron chi connectivity index (χ2n) is 6.82. The summed E-state index contributed by atoms with van der Waals surface area (Å²) >= 11 is 0. The zero-order valence-corrected chi connectivity index (χ0v) is 17.2. The number of benzene rings is 2. The quantitative estimate of drug-likeness (QED) is 0.498. The third-order valence-electron chi connectivity index (χ3n) is 4.97. The van der Waals surface area contributed by atoms with Gasteiger partial charge < -0.3 is 14.8 Å². The summed E-state index contributed by atoms with van der Waals surface area (Å²) in [7, 11) is 3.11. The minimum atomic E-state index is -0.325. The zero-order valence-electron chi connectivity index (χ0n) is 17.2. The highest BCUT2D eigenvalue weighted by atomic mass is 16.5. The first-order valence-electron chi connectivity index (χ1n) is 9.72. The van der Waals surface area contributed by atoms with E-state index in [1.54, 1.807) is 38.6 Å². The van der Waals surface area contributed by atoms with E-state index in [4.69, 9.17) is 9.47 Å². The van der Waals surface area contributed by atoms with E-state index in [-0.39, 0.29) is 24.7 Å². The number of pyridine rings is 1. The van der Waals surface area contributed by atoms with Gasteiger partial charge in [0, 0.05) is 18.3 Å². The van der Waals surface area contributed by atoms with E-state index >= 15 is 0 Å². The number of carbonyl (C=O) groups excluding carboxylic acids is 1. The summed E-state index contributed by atoms with van der Waals surface area (Å²) in [6.45, 7) is 0.108. The molecule has 158 valence electrons. The molecule has 4 aromatic rings. The Hall–Kier alpha value is -4.07. The zero-order chi connectivity index (χ0) is 21.8. The number of carbonyl (C=O) groups is 1. The number of aromatic nitrogens is 3. The van der Waals surface area contributed by atoms with Crippen LogP contribution < -0.4 is 20.5 Å². The van der Waals surface area contributed by atoms with E-state index in [1.807, 2.05) is 42.5 Å². The number of amides is 1. The lowest BCUT2D eigenvalue weighted by molar-refractivity contribution is -0.121. The van der Waals surface area contributed by atoms with Gasteiger partial charge in [0.05, 0.1) is 25.4 Å². The van der Waals surface area contributed by atoms with Crippen molar-refractivity contribution in [3.8, 4) is 17.2 Å². The second-order valence-corrected chi connectivity index (χ2v) is 6.82. The van der Waals surface area contributed by atoms with E-state index in [0.717, 1.165) is 5.56 Å². The van der Waals surface area contributed by atoms with Gasteiger partial charge in [0.1, 0.15) is 6.54 Å². The molecule has 0 aliphatic heterocycles. The van der Waals surface area contributed by atoms with Gasteiger partial charge in [0.2, 0.25) is 5.91 Å². The van der Waals surface area contributed by atoms with Gasteiger partial charge in [0.15, 0.2) is 17.1 Å². The predicted octanol–water partition coefficient (Wildman–Crippen LogP) is 2.52. The van der Waals surface area contributed by atoms with Crippen LogP contribution in [0.5, 0.6) is 11.5 Å². The number of para-hydroxylation sites is 2. The van der Waals surface area contributed by atoms with Crippen molar-refractivity contribution < 1.29 is 14.3 Å². The summed E-state index contributed by atoms with van der Waals surface area (Å²) < 4.78 is 13.6. The van der Waals surface area contributed by atoms with Crippen LogP contribution in [0, 0.1) is 0 Å². The van der Waals surface area contributed by atoms with Gasteiger partial charge >= 0.3 is 5.69 Å². The van der Waals surface area contributed by atoms with Gasteiger partial charge in [0.25, 0.3) is 0 Å². The Morgan fingerprint density at radius 3 is 2.55 bits per heavy atom. The number of methoxy groups -OCH3 is 2. The summed E-state index contributed by atoms with van der Waals surface area (Å²) in [5, 5.41) is 2.85. The highest BCUT2D eigenvalue weighted by Crippen LogP contribution is 2.30. The maximum absolute atomic E-state index is 13.2. The summed E-state index contributed by atoms with van der Waals surface area (Å²) in [5.74, 6) is 0.845. The van der Waals surface area contributed by atoms with E-state index < -0.39 is 0 Å². The molecule has 8 heteroatoms. The molecule has 0 spiro atoms. The maximum Gasteiger partial charge on any atom is 0.335 e. The van der Waals surface area contributed by atoms with E-state index in [1.165, 1.54) is 9.13 Å². The van der Waals surface area contributed by atoms with Crippen molar-refractivity contribution in [2.24, 2.45) is 0 Å². The number of nitrogens with one attached hydrogen (secondary N) is 1. The molecule has 0 aliphatic carbocycles. The normalized spacial score (nSPS) is 10.8. The molecule has 0 aliphatic rings. The molecule has 0 atom stereocenters. The number of rotatable bonds is 7. The molecule has 0 fully saturated rings. The SMILES string of the molecule is COc1cccc(CNC(=O)Cn2c(=O)n(-c3ccccc3)c3ncccc32)c1OC. The molecule has 0 saturated carbocycles. The van der Waals surface area contributed by atoms with Crippen molar-refractivity contribution in [3.63, 3.8) is 0 Å². The first kappa shape index (κ1) is 20.2. The van der Waals surface area contributed by atoms with Crippen molar-refractivity contribution in [1.82, 2.24) is 19.4 Å². The minimum Gasteiger partial charge on any atom is -0.493 e. The largest absolute Gasteiger partial charge is 0.493 e. The Kier molecular flexibility index (Phi) is 5.70. The average molecular weight is 418 g/mol. The summed E-state index contributed by atoms with van der Waals surface area (Å²) in [4.78, 5) is 30.2. The number of hydrogen-bond donors (Lipinski definition) is 1. The first-order chi connectivity index (χ1) is 15.1. The van der Waals surface area contributed by atoms with Crippen LogP contribution in [0.4, 0.5) is 0 Å². The fourth-order valence-electron chi connectivity index (χ4n) is 3.53. The Labute approximate surface area is 178 Å². The van der Waals surface area contributed by atoms with Crippen molar-refractivity contribution in [3.05, 3.63) is 82.9 Å². The average Bonchev–Trinajstić information content (AvgIpc) is 3.09. The number of fused-ring (bicyclic) bond motifs is 1. The third kappa shape index (κ3) is 3.87. The molecule has 0 bridgehead atoms. The highest BCUT2D eigenvalue weighted by Gasteiger charge is 2.18. The lowest BCUT2D eigenvalue weighted by Crippen LogP contribution is -2.32. The molecule has 2 aromatic carbocycles. The summed E-state index contributed by atoms with van der Waals surface area (Å²) in [5.41, 5.74) is 2.23. The molecule has 8 nitrogen and oxygen atoms in total. The molecular formula is C23H22N4O4.